The van der Waals surface area contributed by atoms with Crippen LogP contribution in [0.2, 0.25) is 0 Å². The monoisotopic (exact) mass is 297 g/mol. The Morgan fingerprint density at radius 2 is 2.20 bits per heavy atom. The first-order valence-electron chi connectivity index (χ1n) is 7.09. The van der Waals surface area contributed by atoms with E-state index in [0.717, 1.165) is 36.9 Å². The smallest absolute Gasteiger partial charge is 0.263 e. The molecule has 1 atom stereocenters. The minimum atomic E-state index is -0.0103. The van der Waals surface area contributed by atoms with E-state index in [1.54, 1.807) is 5.51 Å². The fourth-order valence-electron chi connectivity index (χ4n) is 2.49. The third-order valence-corrected chi connectivity index (χ3v) is 4.64. The summed E-state index contributed by atoms with van der Waals surface area (Å²) in [7, 11) is 0. The number of hydrogen-bond donors (Lipinski definition) is 1. The quantitative estimate of drug-likeness (QED) is 0.896. The maximum atomic E-state index is 12.2. The molecule has 0 aliphatic carbocycles. The minimum absolute atomic E-state index is 0.0103. The Morgan fingerprint density at radius 3 is 2.75 bits per heavy atom. The second-order valence-corrected chi connectivity index (χ2v) is 6.29. The Kier molecular flexibility index (Phi) is 5.51. The Balaban J connectivity index is 1.92. The molecule has 1 amide bonds. The molecule has 6 heteroatoms. The molecule has 0 aromatic carbocycles. The number of thiazole rings is 1. The highest BCUT2D eigenvalue weighted by atomic mass is 32.1. The lowest BCUT2D eigenvalue weighted by Gasteiger charge is -2.36. The van der Waals surface area contributed by atoms with E-state index in [2.05, 4.69) is 29.0 Å². The van der Waals surface area contributed by atoms with Gasteiger partial charge >= 0.3 is 0 Å². The molecule has 20 heavy (non-hydrogen) atoms. The third-order valence-electron chi connectivity index (χ3n) is 3.71. The number of aromatic nitrogens is 1. The lowest BCUT2D eigenvalue weighted by Crippen LogP contribution is -2.51. The van der Waals surface area contributed by atoms with Crippen LogP contribution in [0.4, 0.5) is 0 Å². The number of carbonyl (C=O) groups excluding carboxylic acids is 1. The molecule has 2 rings (SSSR count). The molecule has 1 unspecified atom stereocenters. The molecule has 1 aliphatic heterocycles. The molecule has 1 aromatic heterocycles. The Morgan fingerprint density at radius 1 is 1.50 bits per heavy atom. The Bertz CT molecular complexity index is 441. The normalized spacial score (nSPS) is 18.2. The molecule has 1 saturated heterocycles. The number of hydrogen-bond acceptors (Lipinski definition) is 5. The summed E-state index contributed by atoms with van der Waals surface area (Å²) in [4.78, 5) is 19.4. The molecular weight excluding hydrogens is 274 g/mol. The highest BCUT2D eigenvalue weighted by molar-refractivity contribution is 7.11. The Labute approximate surface area is 124 Å². The maximum absolute atomic E-state index is 12.2. The summed E-state index contributed by atoms with van der Waals surface area (Å²) in [6.07, 6.45) is 0. The number of nitrogens with one attached hydrogen (secondary N) is 1. The molecule has 1 aromatic rings. The molecule has 2 heterocycles. The van der Waals surface area contributed by atoms with Gasteiger partial charge in [-0.15, -0.1) is 11.3 Å². The molecule has 1 fully saturated rings. The fraction of sp³-hybridized carbons (Fsp3) is 0.714. The zero-order chi connectivity index (χ0) is 14.5. The topological polar surface area (TPSA) is 54.5 Å². The standard InChI is InChI=1S/C14H23N3O2S/c1-10(2)12(17-4-6-19-7-5-17)8-15-14(18)13-11(3)16-9-20-13/h9-10,12H,4-8H2,1-3H3,(H,15,18). The first-order chi connectivity index (χ1) is 9.59. The van der Waals surface area contributed by atoms with Crippen LogP contribution < -0.4 is 5.32 Å². The molecule has 5 nitrogen and oxygen atoms in total. The summed E-state index contributed by atoms with van der Waals surface area (Å²) in [5, 5.41) is 3.05. The average Bonchev–Trinajstić information content (AvgIpc) is 2.86. The summed E-state index contributed by atoms with van der Waals surface area (Å²) in [6, 6.07) is 0.357. The van der Waals surface area contributed by atoms with Gasteiger partial charge in [0.1, 0.15) is 4.88 Å². The van der Waals surface area contributed by atoms with E-state index in [1.807, 2.05) is 6.92 Å². The van der Waals surface area contributed by atoms with Gasteiger partial charge in [-0.1, -0.05) is 13.8 Å². The van der Waals surface area contributed by atoms with Crippen molar-refractivity contribution in [1.82, 2.24) is 15.2 Å². The van der Waals surface area contributed by atoms with E-state index in [9.17, 15) is 4.79 Å². The second kappa shape index (κ2) is 7.15. The number of amides is 1. The van der Waals surface area contributed by atoms with Gasteiger partial charge in [0, 0.05) is 25.7 Å². The van der Waals surface area contributed by atoms with Gasteiger partial charge in [0.15, 0.2) is 0 Å². The van der Waals surface area contributed by atoms with Gasteiger partial charge in [-0.2, -0.15) is 0 Å². The average molecular weight is 297 g/mol. The van der Waals surface area contributed by atoms with Crippen LogP contribution in [0.25, 0.3) is 0 Å². The zero-order valence-electron chi connectivity index (χ0n) is 12.4. The predicted octanol–water partition coefficient (Wildman–Crippen LogP) is 1.54. The van der Waals surface area contributed by atoms with E-state index >= 15 is 0 Å². The second-order valence-electron chi connectivity index (χ2n) is 5.44. The summed E-state index contributed by atoms with van der Waals surface area (Å²) >= 11 is 1.40. The van der Waals surface area contributed by atoms with Gasteiger partial charge in [0.2, 0.25) is 0 Å². The molecule has 1 N–H and O–H groups in total. The van der Waals surface area contributed by atoms with Crippen LogP contribution in [0, 0.1) is 12.8 Å². The van der Waals surface area contributed by atoms with Gasteiger partial charge in [-0.25, -0.2) is 4.98 Å². The van der Waals surface area contributed by atoms with E-state index < -0.39 is 0 Å². The summed E-state index contributed by atoms with van der Waals surface area (Å²) < 4.78 is 5.39. The Hall–Kier alpha value is -0.980. The van der Waals surface area contributed by atoms with Crippen LogP contribution in [0.3, 0.4) is 0 Å². The summed E-state index contributed by atoms with van der Waals surface area (Å²) in [6.45, 7) is 10.4. The molecule has 0 bridgehead atoms. The first-order valence-corrected chi connectivity index (χ1v) is 7.97. The number of ether oxygens (including phenoxy) is 1. The van der Waals surface area contributed by atoms with Crippen LogP contribution in [0.1, 0.15) is 29.2 Å². The van der Waals surface area contributed by atoms with Crippen molar-refractivity contribution in [3.8, 4) is 0 Å². The predicted molar refractivity (Wildman–Crippen MR) is 80.2 cm³/mol. The van der Waals surface area contributed by atoms with Crippen LogP contribution >= 0.6 is 11.3 Å². The SMILES string of the molecule is Cc1ncsc1C(=O)NCC(C(C)C)N1CCOCC1. The number of aryl methyl sites for hydroxylation is 1. The van der Waals surface area contributed by atoms with Crippen molar-refractivity contribution in [2.75, 3.05) is 32.8 Å². The van der Waals surface area contributed by atoms with Crippen LogP contribution in [-0.2, 0) is 4.74 Å². The van der Waals surface area contributed by atoms with Crippen molar-refractivity contribution in [2.24, 2.45) is 5.92 Å². The third kappa shape index (κ3) is 3.77. The lowest BCUT2D eigenvalue weighted by molar-refractivity contribution is 0.00673. The van der Waals surface area contributed by atoms with Gasteiger partial charge in [0.05, 0.1) is 24.4 Å². The minimum Gasteiger partial charge on any atom is -0.379 e. The van der Waals surface area contributed by atoms with Crippen molar-refractivity contribution < 1.29 is 9.53 Å². The van der Waals surface area contributed by atoms with Gasteiger partial charge in [0.25, 0.3) is 5.91 Å². The number of nitrogens with zero attached hydrogens (tertiary/aromatic N) is 2. The van der Waals surface area contributed by atoms with Crippen LogP contribution in [0.15, 0.2) is 5.51 Å². The van der Waals surface area contributed by atoms with Crippen molar-refractivity contribution in [3.63, 3.8) is 0 Å². The number of morpholine rings is 1. The van der Waals surface area contributed by atoms with E-state index in [-0.39, 0.29) is 5.91 Å². The molecular formula is C14H23N3O2S. The summed E-state index contributed by atoms with van der Waals surface area (Å²) in [5.41, 5.74) is 2.52. The van der Waals surface area contributed by atoms with Crippen molar-refractivity contribution in [2.45, 2.75) is 26.8 Å². The highest BCUT2D eigenvalue weighted by Crippen LogP contribution is 2.14. The first kappa shape index (κ1) is 15.4. The molecule has 0 spiro atoms. The van der Waals surface area contributed by atoms with Crippen LogP contribution in [-0.4, -0.2) is 54.7 Å². The molecule has 1 aliphatic rings. The fourth-order valence-corrected chi connectivity index (χ4v) is 3.21. The molecule has 0 saturated carbocycles. The maximum Gasteiger partial charge on any atom is 0.263 e. The van der Waals surface area contributed by atoms with Gasteiger partial charge in [-0.3, -0.25) is 9.69 Å². The van der Waals surface area contributed by atoms with E-state index in [4.69, 9.17) is 4.74 Å². The number of carbonyl (C=O) groups is 1. The van der Waals surface area contributed by atoms with E-state index in [0.29, 0.717) is 18.5 Å². The van der Waals surface area contributed by atoms with Crippen molar-refractivity contribution >= 4 is 17.2 Å². The molecule has 112 valence electrons. The van der Waals surface area contributed by atoms with Gasteiger partial charge in [-0.05, 0) is 12.8 Å². The largest absolute Gasteiger partial charge is 0.379 e. The lowest BCUT2D eigenvalue weighted by atomic mass is 10.0. The summed E-state index contributed by atoms with van der Waals surface area (Å²) in [5.74, 6) is 0.486. The van der Waals surface area contributed by atoms with Crippen molar-refractivity contribution in [1.29, 1.82) is 0 Å². The van der Waals surface area contributed by atoms with Gasteiger partial charge < -0.3 is 10.1 Å². The number of rotatable bonds is 5. The van der Waals surface area contributed by atoms with E-state index in [1.165, 1.54) is 11.3 Å². The van der Waals surface area contributed by atoms with Crippen molar-refractivity contribution in [3.05, 3.63) is 16.1 Å². The zero-order valence-corrected chi connectivity index (χ0v) is 13.2. The molecule has 0 radical (unpaired) electrons. The highest BCUT2D eigenvalue weighted by Gasteiger charge is 2.24. The van der Waals surface area contributed by atoms with Crippen LogP contribution in [0.5, 0.6) is 0 Å².